The van der Waals surface area contributed by atoms with Crippen LogP contribution in [0.3, 0.4) is 0 Å². The van der Waals surface area contributed by atoms with Crippen molar-refractivity contribution in [2.45, 2.75) is 51.4 Å². The molecule has 0 spiro atoms. The summed E-state index contributed by atoms with van der Waals surface area (Å²) in [6.07, 6.45) is 9.94. The van der Waals surface area contributed by atoms with Crippen LogP contribution in [0.2, 0.25) is 5.02 Å². The molecule has 6 nitrogen and oxygen atoms in total. The monoisotopic (exact) mass is 518 g/mol. The van der Waals surface area contributed by atoms with Gasteiger partial charge in [0.25, 0.3) is 0 Å². The number of methoxy groups -OCH3 is 1. The number of carbonyl (C=O) groups excluding carboxylic acids is 1. The summed E-state index contributed by atoms with van der Waals surface area (Å²) in [5.74, 6) is 3.32. The van der Waals surface area contributed by atoms with E-state index < -0.39 is 5.97 Å². The fraction of sp³-hybridized carbons (Fsp3) is 0.433. The van der Waals surface area contributed by atoms with Crippen LogP contribution < -0.4 is 10.2 Å². The van der Waals surface area contributed by atoms with Crippen molar-refractivity contribution in [2.24, 2.45) is 17.8 Å². The molecule has 0 aliphatic heterocycles. The molecule has 1 aromatic heterocycles. The zero-order chi connectivity index (χ0) is 26.2. The highest BCUT2D eigenvalue weighted by Gasteiger charge is 2.41. The highest BCUT2D eigenvalue weighted by molar-refractivity contribution is 6.33. The predicted molar refractivity (Wildman–Crippen MR) is 149 cm³/mol. The van der Waals surface area contributed by atoms with Crippen molar-refractivity contribution < 1.29 is 9.53 Å². The standard InChI is InChI=1S/C30H35ClN4O2/c1-19-11-20-13-21(12-19)16-30(2,15-20)22-9-10-25(24(31)14-22)34-27-17-33-28(18-32-27)35(3)26-8-6-5-7-23(26)29(36)37-4/h5-10,14,17-21H,11-13,15-16H2,1-4H3,(H,32,34). The zero-order valence-electron chi connectivity index (χ0n) is 22.0. The van der Waals surface area contributed by atoms with Crippen LogP contribution >= 0.6 is 11.6 Å². The summed E-state index contributed by atoms with van der Waals surface area (Å²) < 4.78 is 4.91. The third-order valence-electron chi connectivity index (χ3n) is 8.20. The van der Waals surface area contributed by atoms with Gasteiger partial charge < -0.3 is 15.0 Å². The molecule has 2 aliphatic rings. The van der Waals surface area contributed by atoms with Gasteiger partial charge in [-0.1, -0.05) is 43.6 Å². The number of carbonyl (C=O) groups is 1. The van der Waals surface area contributed by atoms with E-state index in [1.165, 1.54) is 44.8 Å². The summed E-state index contributed by atoms with van der Waals surface area (Å²) in [6, 6.07) is 13.7. The second kappa shape index (κ2) is 10.3. The lowest BCUT2D eigenvalue weighted by molar-refractivity contribution is 0.0601. The molecule has 0 amide bonds. The number of aromatic nitrogens is 2. The van der Waals surface area contributed by atoms with E-state index in [1.807, 2.05) is 24.1 Å². The van der Waals surface area contributed by atoms with Crippen LogP contribution in [-0.4, -0.2) is 30.1 Å². The maximum Gasteiger partial charge on any atom is 0.339 e. The number of ether oxygens (including phenoxy) is 1. The van der Waals surface area contributed by atoms with Crippen LogP contribution in [-0.2, 0) is 10.2 Å². The van der Waals surface area contributed by atoms with E-state index >= 15 is 0 Å². The third kappa shape index (κ3) is 5.30. The number of fused-ring (bicyclic) bond motifs is 2. The Morgan fingerprint density at radius 3 is 2.46 bits per heavy atom. The molecular weight excluding hydrogens is 484 g/mol. The average Bonchev–Trinajstić information content (AvgIpc) is 2.88. The van der Waals surface area contributed by atoms with Crippen LogP contribution in [0, 0.1) is 17.8 Å². The van der Waals surface area contributed by atoms with Crippen LogP contribution in [0.4, 0.5) is 23.0 Å². The van der Waals surface area contributed by atoms with Crippen LogP contribution in [0.25, 0.3) is 0 Å². The van der Waals surface area contributed by atoms with Gasteiger partial charge in [-0.3, -0.25) is 0 Å². The number of anilines is 4. The number of para-hydroxylation sites is 1. The molecule has 1 heterocycles. The Kier molecular flexibility index (Phi) is 7.13. The smallest absolute Gasteiger partial charge is 0.339 e. The SMILES string of the molecule is COC(=O)c1ccccc1N(C)c1cnc(Nc2ccc(C3(C)CC4CC(C)CC(C4)C3)cc2Cl)cn1. The number of halogens is 1. The Morgan fingerprint density at radius 1 is 1.08 bits per heavy atom. The van der Waals surface area contributed by atoms with Gasteiger partial charge in [-0.2, -0.15) is 0 Å². The number of hydrogen-bond acceptors (Lipinski definition) is 6. The first kappa shape index (κ1) is 25.5. The van der Waals surface area contributed by atoms with Crippen molar-refractivity contribution in [2.75, 3.05) is 24.4 Å². The Morgan fingerprint density at radius 2 is 1.81 bits per heavy atom. The Hall–Kier alpha value is -3.12. The molecule has 3 aromatic rings. The molecule has 2 atom stereocenters. The van der Waals surface area contributed by atoms with Gasteiger partial charge in [0.2, 0.25) is 0 Å². The lowest BCUT2D eigenvalue weighted by atomic mass is 9.57. The zero-order valence-corrected chi connectivity index (χ0v) is 22.8. The summed E-state index contributed by atoms with van der Waals surface area (Å²) in [7, 11) is 3.22. The molecule has 2 fully saturated rings. The van der Waals surface area contributed by atoms with E-state index in [-0.39, 0.29) is 5.41 Å². The molecule has 2 unspecified atom stereocenters. The molecule has 5 rings (SSSR count). The minimum atomic E-state index is -0.397. The van der Waals surface area contributed by atoms with E-state index in [0.717, 1.165) is 23.4 Å². The fourth-order valence-electron chi connectivity index (χ4n) is 6.69. The number of benzene rings is 2. The molecular formula is C30H35ClN4O2. The summed E-state index contributed by atoms with van der Waals surface area (Å²) >= 11 is 6.76. The number of nitrogens with zero attached hydrogens (tertiary/aromatic N) is 3. The molecule has 194 valence electrons. The molecule has 7 heteroatoms. The summed E-state index contributed by atoms with van der Waals surface area (Å²) in [5, 5.41) is 4.00. The van der Waals surface area contributed by atoms with Gasteiger partial charge in [-0.05, 0) is 85.1 Å². The van der Waals surface area contributed by atoms with Crippen molar-refractivity contribution in [3.63, 3.8) is 0 Å². The van der Waals surface area contributed by atoms with E-state index in [9.17, 15) is 4.79 Å². The van der Waals surface area contributed by atoms with Crippen LogP contribution in [0.1, 0.15) is 61.9 Å². The summed E-state index contributed by atoms with van der Waals surface area (Å²) in [6.45, 7) is 4.83. The van der Waals surface area contributed by atoms with Crippen molar-refractivity contribution in [3.8, 4) is 0 Å². The largest absolute Gasteiger partial charge is 0.465 e. The minimum absolute atomic E-state index is 0.183. The number of nitrogens with one attached hydrogen (secondary N) is 1. The van der Waals surface area contributed by atoms with Crippen molar-refractivity contribution in [1.82, 2.24) is 9.97 Å². The molecule has 1 N–H and O–H groups in total. The summed E-state index contributed by atoms with van der Waals surface area (Å²) in [4.78, 5) is 23.1. The van der Waals surface area contributed by atoms with Crippen molar-refractivity contribution in [1.29, 1.82) is 0 Å². The third-order valence-corrected chi connectivity index (χ3v) is 8.51. The number of esters is 1. The average molecular weight is 519 g/mol. The molecule has 2 saturated carbocycles. The molecule has 0 radical (unpaired) electrons. The maximum absolute atomic E-state index is 12.2. The second-order valence-corrected chi connectivity index (χ2v) is 11.6. The lowest BCUT2D eigenvalue weighted by Gasteiger charge is -2.47. The molecule has 37 heavy (non-hydrogen) atoms. The van der Waals surface area contributed by atoms with E-state index in [2.05, 4.69) is 47.3 Å². The fourth-order valence-corrected chi connectivity index (χ4v) is 6.91. The first-order valence-electron chi connectivity index (χ1n) is 13.1. The first-order chi connectivity index (χ1) is 17.8. The second-order valence-electron chi connectivity index (χ2n) is 11.2. The van der Waals surface area contributed by atoms with Crippen molar-refractivity contribution in [3.05, 3.63) is 71.0 Å². The minimum Gasteiger partial charge on any atom is -0.465 e. The lowest BCUT2D eigenvalue weighted by Crippen LogP contribution is -2.38. The first-order valence-corrected chi connectivity index (χ1v) is 13.4. The van der Waals surface area contributed by atoms with Gasteiger partial charge >= 0.3 is 5.97 Å². The normalized spacial score (nSPS) is 24.8. The Bertz CT molecular complexity index is 1260. The van der Waals surface area contributed by atoms with Crippen molar-refractivity contribution >= 4 is 40.6 Å². The van der Waals surface area contributed by atoms with Crippen LogP contribution in [0.15, 0.2) is 54.9 Å². The Balaban J connectivity index is 1.30. The molecule has 0 saturated heterocycles. The molecule has 2 bridgehead atoms. The van der Waals surface area contributed by atoms with Gasteiger partial charge in [-0.15, -0.1) is 0 Å². The highest BCUT2D eigenvalue weighted by Crippen LogP contribution is 2.51. The maximum atomic E-state index is 12.2. The predicted octanol–water partition coefficient (Wildman–Crippen LogP) is 7.53. The topological polar surface area (TPSA) is 67.3 Å². The Labute approximate surface area is 224 Å². The van der Waals surface area contributed by atoms with E-state index in [1.54, 1.807) is 24.5 Å². The van der Waals surface area contributed by atoms with Gasteiger partial charge in [0.1, 0.15) is 5.82 Å². The van der Waals surface area contributed by atoms with Crippen LogP contribution in [0.5, 0.6) is 0 Å². The van der Waals surface area contributed by atoms with E-state index in [4.69, 9.17) is 16.3 Å². The quantitative estimate of drug-likeness (QED) is 0.340. The molecule has 2 aromatic carbocycles. The number of hydrogen-bond donors (Lipinski definition) is 1. The van der Waals surface area contributed by atoms with E-state index in [0.29, 0.717) is 27.9 Å². The number of rotatable bonds is 6. The van der Waals surface area contributed by atoms with Gasteiger partial charge in [0.15, 0.2) is 5.82 Å². The van der Waals surface area contributed by atoms with Gasteiger partial charge in [0.05, 0.1) is 41.5 Å². The summed E-state index contributed by atoms with van der Waals surface area (Å²) in [5.41, 5.74) is 3.48. The molecule has 2 aliphatic carbocycles. The highest BCUT2D eigenvalue weighted by atomic mass is 35.5. The van der Waals surface area contributed by atoms with Gasteiger partial charge in [0, 0.05) is 7.05 Å². The van der Waals surface area contributed by atoms with Gasteiger partial charge in [-0.25, -0.2) is 14.8 Å².